The van der Waals surface area contributed by atoms with Gasteiger partial charge in [-0.05, 0) is 24.0 Å². The van der Waals surface area contributed by atoms with E-state index < -0.39 is 0 Å². The Bertz CT molecular complexity index is 489. The normalized spacial score (nSPS) is 22.8. The Morgan fingerprint density at radius 1 is 1.33 bits per heavy atom. The van der Waals surface area contributed by atoms with Crippen LogP contribution in [0.3, 0.4) is 0 Å². The number of morpholine rings is 1. The van der Waals surface area contributed by atoms with Gasteiger partial charge in [0.05, 0.1) is 24.1 Å². The number of hydrogen-bond donors (Lipinski definition) is 1. The van der Waals surface area contributed by atoms with Gasteiger partial charge in [-0.15, -0.1) is 0 Å². The van der Waals surface area contributed by atoms with Gasteiger partial charge in [0, 0.05) is 32.7 Å². The van der Waals surface area contributed by atoms with E-state index in [2.05, 4.69) is 35.8 Å². The molecule has 0 aliphatic carbocycles. The molecule has 1 fully saturated rings. The number of nitrogens with zero attached hydrogens (tertiary/aromatic N) is 2. The first kappa shape index (κ1) is 14.7. The lowest BCUT2D eigenvalue weighted by Crippen LogP contribution is -2.48. The second-order valence-corrected chi connectivity index (χ2v) is 6.70. The second kappa shape index (κ2) is 6.24. The number of rotatable bonds is 4. The van der Waals surface area contributed by atoms with E-state index in [1.807, 2.05) is 6.07 Å². The fourth-order valence-corrected chi connectivity index (χ4v) is 3.57. The van der Waals surface area contributed by atoms with Gasteiger partial charge in [0.1, 0.15) is 0 Å². The molecule has 1 saturated heterocycles. The van der Waals surface area contributed by atoms with Crippen molar-refractivity contribution in [3.63, 3.8) is 0 Å². The summed E-state index contributed by atoms with van der Waals surface area (Å²) in [7, 11) is 0. The summed E-state index contributed by atoms with van der Waals surface area (Å²) < 4.78 is 5.98. The molecule has 4 heteroatoms. The molecule has 4 nitrogen and oxygen atoms in total. The predicted octanol–water partition coefficient (Wildman–Crippen LogP) is 1.99. The van der Waals surface area contributed by atoms with Crippen molar-refractivity contribution in [2.75, 3.05) is 50.0 Å². The van der Waals surface area contributed by atoms with Crippen LogP contribution in [0.5, 0.6) is 0 Å². The Hall–Kier alpha value is -1.26. The number of fused-ring (bicyclic) bond motifs is 1. The highest BCUT2D eigenvalue weighted by Crippen LogP contribution is 2.33. The van der Waals surface area contributed by atoms with Crippen LogP contribution in [0.15, 0.2) is 18.2 Å². The molecule has 2 aliphatic rings. The number of para-hydroxylation sites is 1. The molecular weight excluding hydrogens is 262 g/mol. The fraction of sp³-hybridized carbons (Fsp3) is 0.647. The largest absolute Gasteiger partial charge is 0.397 e. The SMILES string of the molecule is CC(C)CN1CCOC(CN2CCc3cccc(N)c32)C1. The van der Waals surface area contributed by atoms with Crippen LogP contribution in [-0.4, -0.2) is 50.3 Å². The number of anilines is 2. The van der Waals surface area contributed by atoms with Crippen LogP contribution in [0.4, 0.5) is 11.4 Å². The van der Waals surface area contributed by atoms with E-state index in [1.54, 1.807) is 0 Å². The summed E-state index contributed by atoms with van der Waals surface area (Å²) in [6.45, 7) is 10.7. The standard InChI is InChI=1S/C17H27N3O/c1-13(2)10-19-8-9-21-15(11-19)12-20-7-6-14-4-3-5-16(18)17(14)20/h3-5,13,15H,6-12,18H2,1-2H3. The van der Waals surface area contributed by atoms with E-state index in [0.29, 0.717) is 12.0 Å². The maximum Gasteiger partial charge on any atom is 0.0877 e. The predicted molar refractivity (Wildman–Crippen MR) is 87.8 cm³/mol. The average molecular weight is 289 g/mol. The van der Waals surface area contributed by atoms with Crippen molar-refractivity contribution in [3.05, 3.63) is 23.8 Å². The number of benzene rings is 1. The first-order valence-corrected chi connectivity index (χ1v) is 8.09. The molecule has 1 aromatic carbocycles. The minimum Gasteiger partial charge on any atom is -0.397 e. The summed E-state index contributed by atoms with van der Waals surface area (Å²) in [6, 6.07) is 6.25. The molecule has 1 aromatic rings. The third-order valence-corrected chi connectivity index (χ3v) is 4.39. The van der Waals surface area contributed by atoms with Gasteiger partial charge in [-0.1, -0.05) is 26.0 Å². The van der Waals surface area contributed by atoms with Gasteiger partial charge in [-0.2, -0.15) is 0 Å². The van der Waals surface area contributed by atoms with Gasteiger partial charge in [-0.3, -0.25) is 4.90 Å². The zero-order chi connectivity index (χ0) is 14.8. The molecule has 0 aromatic heterocycles. The monoisotopic (exact) mass is 289 g/mol. The van der Waals surface area contributed by atoms with Gasteiger partial charge < -0.3 is 15.4 Å². The zero-order valence-corrected chi connectivity index (χ0v) is 13.2. The quantitative estimate of drug-likeness (QED) is 0.861. The minimum absolute atomic E-state index is 0.294. The molecular formula is C17H27N3O. The third kappa shape index (κ3) is 3.33. The van der Waals surface area contributed by atoms with E-state index in [4.69, 9.17) is 10.5 Å². The summed E-state index contributed by atoms with van der Waals surface area (Å²) in [6.07, 6.45) is 1.39. The molecule has 3 rings (SSSR count). The highest BCUT2D eigenvalue weighted by atomic mass is 16.5. The highest BCUT2D eigenvalue weighted by Gasteiger charge is 2.27. The molecule has 1 unspecified atom stereocenters. The smallest absolute Gasteiger partial charge is 0.0877 e. The molecule has 21 heavy (non-hydrogen) atoms. The maximum atomic E-state index is 6.17. The lowest BCUT2D eigenvalue weighted by atomic mass is 10.1. The number of ether oxygens (including phenoxy) is 1. The molecule has 2 aliphatic heterocycles. The van der Waals surface area contributed by atoms with E-state index in [1.165, 1.54) is 17.8 Å². The van der Waals surface area contributed by atoms with Crippen molar-refractivity contribution in [1.29, 1.82) is 0 Å². The summed E-state index contributed by atoms with van der Waals surface area (Å²) in [5.41, 5.74) is 9.69. The molecule has 116 valence electrons. The summed E-state index contributed by atoms with van der Waals surface area (Å²) >= 11 is 0. The van der Waals surface area contributed by atoms with Crippen molar-refractivity contribution in [1.82, 2.24) is 4.90 Å². The average Bonchev–Trinajstić information content (AvgIpc) is 2.83. The molecule has 0 saturated carbocycles. The van der Waals surface area contributed by atoms with Crippen LogP contribution in [0.2, 0.25) is 0 Å². The van der Waals surface area contributed by atoms with E-state index >= 15 is 0 Å². The summed E-state index contributed by atoms with van der Waals surface area (Å²) in [5, 5.41) is 0. The van der Waals surface area contributed by atoms with Crippen LogP contribution in [-0.2, 0) is 11.2 Å². The van der Waals surface area contributed by atoms with Crippen molar-refractivity contribution < 1.29 is 4.74 Å². The molecule has 0 radical (unpaired) electrons. The van der Waals surface area contributed by atoms with Crippen molar-refractivity contribution >= 4 is 11.4 Å². The van der Waals surface area contributed by atoms with Crippen molar-refractivity contribution in [3.8, 4) is 0 Å². The maximum absolute atomic E-state index is 6.17. The van der Waals surface area contributed by atoms with Crippen LogP contribution in [0, 0.1) is 5.92 Å². The van der Waals surface area contributed by atoms with E-state index in [9.17, 15) is 0 Å². The molecule has 2 N–H and O–H groups in total. The first-order chi connectivity index (χ1) is 10.1. The topological polar surface area (TPSA) is 41.7 Å². The van der Waals surface area contributed by atoms with Crippen LogP contribution < -0.4 is 10.6 Å². The Balaban J connectivity index is 1.63. The van der Waals surface area contributed by atoms with E-state index in [0.717, 1.165) is 44.9 Å². The van der Waals surface area contributed by atoms with Crippen molar-refractivity contribution in [2.45, 2.75) is 26.4 Å². The third-order valence-electron chi connectivity index (χ3n) is 4.39. The highest BCUT2D eigenvalue weighted by molar-refractivity contribution is 5.74. The Labute approximate surface area is 127 Å². The number of nitrogens with two attached hydrogens (primary N) is 1. The van der Waals surface area contributed by atoms with Gasteiger partial charge >= 0.3 is 0 Å². The molecule has 0 bridgehead atoms. The number of nitrogen functional groups attached to an aromatic ring is 1. The molecule has 0 spiro atoms. The number of hydrogen-bond acceptors (Lipinski definition) is 4. The lowest BCUT2D eigenvalue weighted by molar-refractivity contribution is -0.0270. The molecule has 0 amide bonds. The van der Waals surface area contributed by atoms with Gasteiger partial charge in [0.25, 0.3) is 0 Å². The summed E-state index contributed by atoms with van der Waals surface area (Å²) in [4.78, 5) is 4.94. The lowest BCUT2D eigenvalue weighted by Gasteiger charge is -2.36. The van der Waals surface area contributed by atoms with Gasteiger partial charge in [-0.25, -0.2) is 0 Å². The fourth-order valence-electron chi connectivity index (χ4n) is 3.57. The van der Waals surface area contributed by atoms with Gasteiger partial charge in [0.15, 0.2) is 0 Å². The van der Waals surface area contributed by atoms with Crippen LogP contribution in [0.1, 0.15) is 19.4 Å². The second-order valence-electron chi connectivity index (χ2n) is 6.70. The molecule has 2 heterocycles. The Morgan fingerprint density at radius 3 is 3.00 bits per heavy atom. The summed E-state index contributed by atoms with van der Waals surface area (Å²) in [5.74, 6) is 0.715. The van der Waals surface area contributed by atoms with Gasteiger partial charge in [0.2, 0.25) is 0 Å². The Morgan fingerprint density at radius 2 is 2.19 bits per heavy atom. The van der Waals surface area contributed by atoms with Crippen LogP contribution in [0.25, 0.3) is 0 Å². The van der Waals surface area contributed by atoms with E-state index in [-0.39, 0.29) is 0 Å². The zero-order valence-electron chi connectivity index (χ0n) is 13.2. The van der Waals surface area contributed by atoms with Crippen molar-refractivity contribution in [2.24, 2.45) is 5.92 Å². The Kier molecular flexibility index (Phi) is 4.36. The molecule has 1 atom stereocenters. The van der Waals surface area contributed by atoms with Crippen LogP contribution >= 0.6 is 0 Å². The minimum atomic E-state index is 0.294. The first-order valence-electron chi connectivity index (χ1n) is 8.09.